The Balaban J connectivity index is 1.90. The fraction of sp³-hybridized carbons (Fsp3) is 0.438. The number of anilines is 1. The van der Waals surface area contributed by atoms with Gasteiger partial charge in [-0.25, -0.2) is 0 Å². The molecule has 1 aromatic carbocycles. The summed E-state index contributed by atoms with van der Waals surface area (Å²) in [7, 11) is 0. The third-order valence-electron chi connectivity index (χ3n) is 3.90. The average molecular weight is 255 g/mol. The first-order valence-electron chi connectivity index (χ1n) is 7.05. The van der Waals surface area contributed by atoms with Crippen LogP contribution in [0, 0.1) is 12.8 Å². The number of pyridine rings is 1. The first kappa shape index (κ1) is 12.4. The van der Waals surface area contributed by atoms with Crippen molar-refractivity contribution < 1.29 is 0 Å². The van der Waals surface area contributed by atoms with Crippen LogP contribution in [0.3, 0.4) is 0 Å². The van der Waals surface area contributed by atoms with Crippen molar-refractivity contribution in [1.29, 1.82) is 0 Å². The number of benzene rings is 1. The maximum atomic E-state index is 4.49. The van der Waals surface area contributed by atoms with Crippen LogP contribution in [0.5, 0.6) is 0 Å². The maximum absolute atomic E-state index is 4.49. The van der Waals surface area contributed by atoms with Crippen LogP contribution in [-0.2, 0) is 0 Å². The normalized spacial score (nSPS) is 23.5. The van der Waals surface area contributed by atoms with Crippen LogP contribution in [-0.4, -0.2) is 24.1 Å². The summed E-state index contributed by atoms with van der Waals surface area (Å²) >= 11 is 0. The fourth-order valence-corrected chi connectivity index (χ4v) is 2.93. The summed E-state index contributed by atoms with van der Waals surface area (Å²) in [5.41, 5.74) is 3.54. The molecule has 3 heteroatoms. The van der Waals surface area contributed by atoms with Crippen LogP contribution >= 0.6 is 0 Å². The van der Waals surface area contributed by atoms with Gasteiger partial charge in [0.25, 0.3) is 0 Å². The van der Waals surface area contributed by atoms with E-state index in [4.69, 9.17) is 0 Å². The molecule has 1 fully saturated rings. The topological polar surface area (TPSA) is 37.0 Å². The fourth-order valence-electron chi connectivity index (χ4n) is 2.93. The van der Waals surface area contributed by atoms with Crippen molar-refractivity contribution in [2.45, 2.75) is 26.3 Å². The Labute approximate surface area is 114 Å². The number of nitrogens with zero attached hydrogens (tertiary/aromatic N) is 1. The molecular formula is C16H21N3. The van der Waals surface area contributed by atoms with E-state index >= 15 is 0 Å². The zero-order chi connectivity index (χ0) is 13.2. The molecule has 0 bridgehead atoms. The van der Waals surface area contributed by atoms with Crippen LogP contribution in [0.4, 0.5) is 5.69 Å². The van der Waals surface area contributed by atoms with E-state index in [9.17, 15) is 0 Å². The minimum Gasteiger partial charge on any atom is -0.380 e. The molecule has 0 saturated carbocycles. The third-order valence-corrected chi connectivity index (χ3v) is 3.90. The number of aromatic nitrogens is 1. The summed E-state index contributed by atoms with van der Waals surface area (Å²) in [6, 6.07) is 9.00. The quantitative estimate of drug-likeness (QED) is 0.866. The van der Waals surface area contributed by atoms with E-state index in [2.05, 4.69) is 47.7 Å². The predicted octanol–water partition coefficient (Wildman–Crippen LogP) is 2.95. The lowest BCUT2D eigenvalue weighted by Crippen LogP contribution is -2.42. The Bertz CT molecular complexity index is 579. The van der Waals surface area contributed by atoms with Crippen molar-refractivity contribution in [2.75, 3.05) is 18.4 Å². The Morgan fingerprint density at radius 2 is 2.16 bits per heavy atom. The highest BCUT2D eigenvalue weighted by molar-refractivity contribution is 5.93. The summed E-state index contributed by atoms with van der Waals surface area (Å²) in [4.78, 5) is 4.49. The first-order valence-corrected chi connectivity index (χ1v) is 7.05. The molecule has 0 unspecified atom stereocenters. The molecule has 100 valence electrons. The number of hydrogen-bond acceptors (Lipinski definition) is 3. The van der Waals surface area contributed by atoms with Gasteiger partial charge >= 0.3 is 0 Å². The molecule has 2 N–H and O–H groups in total. The highest BCUT2D eigenvalue weighted by Gasteiger charge is 2.18. The van der Waals surface area contributed by atoms with Gasteiger partial charge in [0.2, 0.25) is 0 Å². The molecule has 1 aliphatic rings. The monoisotopic (exact) mass is 255 g/mol. The maximum Gasteiger partial charge on any atom is 0.0751 e. The van der Waals surface area contributed by atoms with Crippen LogP contribution in [0.15, 0.2) is 30.5 Å². The highest BCUT2D eigenvalue weighted by Crippen LogP contribution is 2.26. The number of piperidine rings is 1. The second kappa shape index (κ2) is 5.17. The number of nitrogens with one attached hydrogen (secondary N) is 2. The van der Waals surface area contributed by atoms with Crippen molar-refractivity contribution >= 4 is 16.6 Å². The van der Waals surface area contributed by atoms with Gasteiger partial charge in [0, 0.05) is 29.9 Å². The van der Waals surface area contributed by atoms with Gasteiger partial charge in [-0.05, 0) is 49.6 Å². The molecule has 2 atom stereocenters. The molecule has 3 nitrogen and oxygen atoms in total. The van der Waals surface area contributed by atoms with E-state index in [1.54, 1.807) is 0 Å². The third kappa shape index (κ3) is 2.56. The summed E-state index contributed by atoms with van der Waals surface area (Å²) in [6.45, 7) is 6.59. The number of rotatable bonds is 2. The summed E-state index contributed by atoms with van der Waals surface area (Å²) in [5, 5.41) is 8.39. The van der Waals surface area contributed by atoms with E-state index in [1.807, 2.05) is 12.3 Å². The van der Waals surface area contributed by atoms with Gasteiger partial charge in [-0.2, -0.15) is 0 Å². The van der Waals surface area contributed by atoms with Gasteiger partial charge in [-0.1, -0.05) is 13.0 Å². The van der Waals surface area contributed by atoms with Crippen LogP contribution in [0.1, 0.15) is 18.9 Å². The Kier molecular flexibility index (Phi) is 3.38. The van der Waals surface area contributed by atoms with Gasteiger partial charge in [-0.15, -0.1) is 0 Å². The van der Waals surface area contributed by atoms with Crippen molar-refractivity contribution in [2.24, 2.45) is 5.92 Å². The Hall–Kier alpha value is -1.61. The second-order valence-electron chi connectivity index (χ2n) is 5.67. The van der Waals surface area contributed by atoms with Crippen molar-refractivity contribution in [3.63, 3.8) is 0 Å². The smallest absolute Gasteiger partial charge is 0.0751 e. The lowest BCUT2D eigenvalue weighted by Gasteiger charge is -2.29. The molecular weight excluding hydrogens is 234 g/mol. The van der Waals surface area contributed by atoms with Gasteiger partial charge in [-0.3, -0.25) is 4.98 Å². The lowest BCUT2D eigenvalue weighted by atomic mass is 9.97. The molecule has 3 rings (SSSR count). The molecule has 1 aliphatic heterocycles. The molecule has 0 radical (unpaired) electrons. The van der Waals surface area contributed by atoms with Crippen LogP contribution in [0.25, 0.3) is 10.9 Å². The highest BCUT2D eigenvalue weighted by atomic mass is 15.0. The minimum atomic E-state index is 0.509. The number of fused-ring (bicyclic) bond motifs is 1. The molecule has 1 aromatic heterocycles. The zero-order valence-corrected chi connectivity index (χ0v) is 11.6. The summed E-state index contributed by atoms with van der Waals surface area (Å²) in [6.07, 6.45) is 3.09. The summed E-state index contributed by atoms with van der Waals surface area (Å²) < 4.78 is 0. The van der Waals surface area contributed by atoms with Gasteiger partial charge < -0.3 is 10.6 Å². The van der Waals surface area contributed by atoms with Crippen LogP contribution < -0.4 is 10.6 Å². The van der Waals surface area contributed by atoms with E-state index in [0.29, 0.717) is 6.04 Å². The predicted molar refractivity (Wildman–Crippen MR) is 80.5 cm³/mol. The van der Waals surface area contributed by atoms with Crippen LogP contribution in [0.2, 0.25) is 0 Å². The molecule has 19 heavy (non-hydrogen) atoms. The molecule has 2 aromatic rings. The van der Waals surface area contributed by atoms with Crippen molar-refractivity contribution in [3.8, 4) is 0 Å². The second-order valence-corrected chi connectivity index (χ2v) is 5.67. The van der Waals surface area contributed by atoms with E-state index in [-0.39, 0.29) is 0 Å². The Morgan fingerprint density at radius 3 is 3.00 bits per heavy atom. The summed E-state index contributed by atoms with van der Waals surface area (Å²) in [5.74, 6) is 0.737. The van der Waals surface area contributed by atoms with Crippen molar-refractivity contribution in [1.82, 2.24) is 10.3 Å². The first-order chi connectivity index (χ1) is 9.24. The van der Waals surface area contributed by atoms with Gasteiger partial charge in [0.05, 0.1) is 5.52 Å². The van der Waals surface area contributed by atoms with E-state index in [1.165, 1.54) is 23.1 Å². The molecule has 0 amide bonds. The standard InChI is InChI=1S/C16H21N3/c1-11-8-13(10-17-9-11)19-15-6-5-12(2)16-14(15)4-3-7-18-16/h3-7,11,13,17,19H,8-10H2,1-2H3/t11-,13+/m0/s1. The number of hydrogen-bond donors (Lipinski definition) is 2. The SMILES string of the molecule is Cc1ccc(N[C@H]2CNC[C@@H](C)C2)c2cccnc12. The zero-order valence-electron chi connectivity index (χ0n) is 11.6. The minimum absolute atomic E-state index is 0.509. The van der Waals surface area contributed by atoms with Gasteiger partial charge in [0.1, 0.15) is 0 Å². The largest absolute Gasteiger partial charge is 0.380 e. The Morgan fingerprint density at radius 1 is 1.26 bits per heavy atom. The average Bonchev–Trinajstić information content (AvgIpc) is 2.42. The van der Waals surface area contributed by atoms with E-state index < -0.39 is 0 Å². The van der Waals surface area contributed by atoms with E-state index in [0.717, 1.165) is 24.5 Å². The molecule has 0 aliphatic carbocycles. The van der Waals surface area contributed by atoms with Gasteiger partial charge in [0.15, 0.2) is 0 Å². The van der Waals surface area contributed by atoms with Crippen molar-refractivity contribution in [3.05, 3.63) is 36.0 Å². The lowest BCUT2D eigenvalue weighted by molar-refractivity contribution is 0.378. The molecule has 1 saturated heterocycles. The number of aryl methyl sites for hydroxylation is 1. The molecule has 0 spiro atoms. The molecule has 2 heterocycles.